The summed E-state index contributed by atoms with van der Waals surface area (Å²) in [5.74, 6) is -0.181. The molecular weight excluding hydrogens is 915 g/mol. The van der Waals surface area contributed by atoms with Gasteiger partial charge in [0.05, 0.1) is 31.3 Å². The van der Waals surface area contributed by atoms with E-state index in [-0.39, 0.29) is 36.1 Å². The lowest BCUT2D eigenvalue weighted by molar-refractivity contribution is -0.188. The molecule has 0 saturated carbocycles. The number of fused-ring (bicyclic) bond motifs is 3. The summed E-state index contributed by atoms with van der Waals surface area (Å²) >= 11 is 0. The second kappa shape index (κ2) is 29.5. The molecule has 0 radical (unpaired) electrons. The molecule has 1 spiro atoms. The zero-order chi connectivity index (χ0) is 53.1. The standard InChI is InChI=1S/C14H24N2O2.C13H26N2.C9H13NO4.C7H9NO3.C7H15N.3C2H6/c1-14(2)4-7-15(8-5-14)11-3-6-16-12(9-11)10-18-13(16)17;1-11-10-12(4-7-14-11)15-8-5-13(2,3)6-9-15;11-8-10-2-1-9(13-3-4-14-9)5-7(10)6-12-8;9-6-1-2-8-5(3-6)4-11-7(8)10;1-7(2)3-5-8-6-4-7;3*1-2/h11-12H,3-10H2,1-2H3;11-12,14H,4-10H2,1-3H3;7H,1-6H2;5H,1-4H2;8H,3-6H2,1-2H3;3*1-2H3. The van der Waals surface area contributed by atoms with Gasteiger partial charge in [-0.1, -0.05) is 83.1 Å². The van der Waals surface area contributed by atoms with Crippen LogP contribution < -0.4 is 10.6 Å². The van der Waals surface area contributed by atoms with E-state index in [4.69, 9.17) is 23.7 Å². The molecular formula is C56H105N7O9. The SMILES string of the molecule is CC.CC.CC.CC1(C)CCN(C2CCN3C(=O)OCC3C2)CC1.CC1(C)CCNCC1.CC1CC(N2CCC(C)(C)CC2)CCN1.O=C1CCN2C(=O)OCC2C1.O=C1OCC2CC3(CCN12)OCCO3. The van der Waals surface area contributed by atoms with Crippen LogP contribution in [0, 0.1) is 16.2 Å². The van der Waals surface area contributed by atoms with E-state index in [0.29, 0.717) is 87.3 Å². The van der Waals surface area contributed by atoms with Crippen LogP contribution in [-0.2, 0) is 28.5 Å². The molecule has 16 nitrogen and oxygen atoms in total. The molecule has 11 fully saturated rings. The number of cyclic esters (lactones) is 3. The minimum Gasteiger partial charge on any atom is -0.447 e. The Hall–Kier alpha value is -2.76. The number of rotatable bonds is 2. The smallest absolute Gasteiger partial charge is 0.410 e. The van der Waals surface area contributed by atoms with E-state index >= 15 is 0 Å². The van der Waals surface area contributed by atoms with Crippen LogP contribution in [0.25, 0.3) is 0 Å². The Labute approximate surface area is 437 Å². The summed E-state index contributed by atoms with van der Waals surface area (Å²) < 4.78 is 26.1. The number of nitrogens with one attached hydrogen (secondary N) is 2. The van der Waals surface area contributed by atoms with Crippen molar-refractivity contribution in [2.75, 3.05) is 98.5 Å². The van der Waals surface area contributed by atoms with Gasteiger partial charge < -0.3 is 58.8 Å². The first-order chi connectivity index (χ1) is 34.4. The van der Waals surface area contributed by atoms with Gasteiger partial charge in [0.25, 0.3) is 0 Å². The highest BCUT2D eigenvalue weighted by Crippen LogP contribution is 2.38. The molecule has 0 bridgehead atoms. The normalized spacial score (nSPS) is 31.7. The monoisotopic (exact) mass is 1020 g/mol. The van der Waals surface area contributed by atoms with Gasteiger partial charge in [-0.25, -0.2) is 14.4 Å². The maximum absolute atomic E-state index is 11.5. The van der Waals surface area contributed by atoms with Gasteiger partial charge in [0, 0.05) is 63.4 Å². The molecule has 0 aromatic rings. The predicted octanol–water partition coefficient (Wildman–Crippen LogP) is 9.33. The van der Waals surface area contributed by atoms with Gasteiger partial charge in [-0.15, -0.1) is 0 Å². The lowest BCUT2D eigenvalue weighted by atomic mass is 9.81. The Morgan fingerprint density at radius 2 is 0.944 bits per heavy atom. The van der Waals surface area contributed by atoms with Crippen molar-refractivity contribution in [1.82, 2.24) is 35.1 Å². The molecule has 0 aromatic carbocycles. The minimum atomic E-state index is -0.421. The van der Waals surface area contributed by atoms with Crippen LogP contribution in [0.5, 0.6) is 0 Å². The first-order valence-corrected chi connectivity index (χ1v) is 28.9. The van der Waals surface area contributed by atoms with E-state index in [0.717, 1.165) is 44.3 Å². The Bertz CT molecular complexity index is 1610. The second-order valence-electron chi connectivity index (χ2n) is 23.4. The number of hydrogen-bond acceptors (Lipinski definition) is 13. The summed E-state index contributed by atoms with van der Waals surface area (Å²) in [5.41, 5.74) is 1.73. The molecule has 418 valence electrons. The number of ketones is 1. The highest BCUT2D eigenvalue weighted by Gasteiger charge is 2.49. The average Bonchev–Trinajstić information content (AvgIpc) is 4.18. The molecule has 72 heavy (non-hydrogen) atoms. The minimum absolute atomic E-state index is 0.0312. The fraction of sp³-hybridized carbons (Fsp3) is 0.929. The number of amides is 3. The predicted molar refractivity (Wildman–Crippen MR) is 286 cm³/mol. The third kappa shape index (κ3) is 18.5. The van der Waals surface area contributed by atoms with Gasteiger partial charge in [0.1, 0.15) is 25.6 Å². The molecule has 11 aliphatic rings. The van der Waals surface area contributed by atoms with Crippen LogP contribution in [-0.4, -0.2) is 189 Å². The summed E-state index contributed by atoms with van der Waals surface area (Å²) in [6, 6.07) is 2.76. The highest BCUT2D eigenvalue weighted by molar-refractivity contribution is 5.83. The molecule has 11 aliphatic heterocycles. The third-order valence-corrected chi connectivity index (χ3v) is 16.5. The number of carbonyl (C=O) groups excluding carboxylic acids is 4. The summed E-state index contributed by atoms with van der Waals surface area (Å²) in [6.45, 7) is 42.2. The summed E-state index contributed by atoms with van der Waals surface area (Å²) in [5, 5.41) is 6.88. The molecule has 0 aliphatic carbocycles. The Balaban J connectivity index is 0.000000194. The number of piperidine rings is 7. The summed E-state index contributed by atoms with van der Waals surface area (Å²) in [7, 11) is 0. The first-order valence-electron chi connectivity index (χ1n) is 28.9. The van der Waals surface area contributed by atoms with Crippen molar-refractivity contribution in [1.29, 1.82) is 0 Å². The lowest BCUT2D eigenvalue weighted by Gasteiger charge is -2.44. The largest absolute Gasteiger partial charge is 0.447 e. The molecule has 6 atom stereocenters. The van der Waals surface area contributed by atoms with Gasteiger partial charge in [0.15, 0.2) is 5.79 Å². The van der Waals surface area contributed by atoms with Crippen LogP contribution in [0.4, 0.5) is 14.4 Å². The summed E-state index contributed by atoms with van der Waals surface area (Å²) in [6.07, 6.45) is 14.9. The molecule has 16 heteroatoms. The van der Waals surface area contributed by atoms with Crippen LogP contribution in [0.3, 0.4) is 0 Å². The van der Waals surface area contributed by atoms with Crippen LogP contribution in [0.2, 0.25) is 0 Å². The van der Waals surface area contributed by atoms with E-state index < -0.39 is 5.79 Å². The summed E-state index contributed by atoms with van der Waals surface area (Å²) in [4.78, 5) is 55.2. The maximum Gasteiger partial charge on any atom is 0.410 e. The number of hydrogen-bond donors (Lipinski definition) is 2. The molecule has 3 amide bonds. The van der Waals surface area contributed by atoms with E-state index in [1.807, 2.05) is 46.4 Å². The highest BCUT2D eigenvalue weighted by atomic mass is 16.7. The number of ether oxygens (including phenoxy) is 5. The Kier molecular flexibility index (Phi) is 25.3. The number of nitrogens with zero attached hydrogens (tertiary/aromatic N) is 5. The van der Waals surface area contributed by atoms with Crippen molar-refractivity contribution in [3.05, 3.63) is 0 Å². The second-order valence-corrected chi connectivity index (χ2v) is 23.4. The molecule has 11 rings (SSSR count). The van der Waals surface area contributed by atoms with Crippen molar-refractivity contribution in [3.63, 3.8) is 0 Å². The van der Waals surface area contributed by atoms with E-state index in [9.17, 15) is 19.2 Å². The van der Waals surface area contributed by atoms with Crippen LogP contribution >= 0.6 is 0 Å². The van der Waals surface area contributed by atoms with Crippen molar-refractivity contribution >= 4 is 24.1 Å². The number of likely N-dealkylation sites (tertiary alicyclic amines) is 2. The van der Waals surface area contributed by atoms with Crippen molar-refractivity contribution < 1.29 is 42.9 Å². The van der Waals surface area contributed by atoms with E-state index in [1.54, 1.807) is 9.80 Å². The van der Waals surface area contributed by atoms with Crippen molar-refractivity contribution in [2.45, 2.75) is 222 Å². The Morgan fingerprint density at radius 1 is 0.486 bits per heavy atom. The number of Topliss-reactive ketones (excluding diaryl/α,β-unsaturated/α-hetero) is 1. The fourth-order valence-electron chi connectivity index (χ4n) is 11.5. The fourth-order valence-corrected chi connectivity index (χ4v) is 11.5. The number of carbonyl (C=O) groups is 4. The van der Waals surface area contributed by atoms with Gasteiger partial charge >= 0.3 is 18.3 Å². The molecule has 0 aromatic heterocycles. The first kappa shape index (κ1) is 61.8. The van der Waals surface area contributed by atoms with Gasteiger partial charge in [-0.2, -0.15) is 0 Å². The zero-order valence-electron chi connectivity index (χ0n) is 47.9. The topological polar surface area (TPSA) is 155 Å². The average molecular weight is 1020 g/mol. The van der Waals surface area contributed by atoms with E-state index in [1.165, 1.54) is 97.2 Å². The quantitative estimate of drug-likeness (QED) is 0.253. The molecule has 2 N–H and O–H groups in total. The molecule has 11 heterocycles. The third-order valence-electron chi connectivity index (χ3n) is 16.5. The van der Waals surface area contributed by atoms with Gasteiger partial charge in [-0.3, -0.25) is 4.79 Å². The van der Waals surface area contributed by atoms with Gasteiger partial charge in [0.2, 0.25) is 0 Å². The molecule has 6 unspecified atom stereocenters. The van der Waals surface area contributed by atoms with Crippen molar-refractivity contribution in [2.24, 2.45) is 16.2 Å². The Morgan fingerprint density at radius 3 is 1.44 bits per heavy atom. The van der Waals surface area contributed by atoms with Crippen molar-refractivity contribution in [3.8, 4) is 0 Å². The zero-order valence-corrected chi connectivity index (χ0v) is 47.9. The maximum atomic E-state index is 11.5. The lowest BCUT2D eigenvalue weighted by Crippen LogP contribution is -2.51. The van der Waals surface area contributed by atoms with Crippen LogP contribution in [0.1, 0.15) is 180 Å². The van der Waals surface area contributed by atoms with Gasteiger partial charge in [-0.05, 0) is 133 Å². The van der Waals surface area contributed by atoms with E-state index in [2.05, 4.69) is 68.9 Å². The molecule has 11 saturated heterocycles. The van der Waals surface area contributed by atoms with Crippen LogP contribution in [0.15, 0.2) is 0 Å².